The summed E-state index contributed by atoms with van der Waals surface area (Å²) in [6, 6.07) is 0. The molecule has 0 atom stereocenters. The van der Waals surface area contributed by atoms with E-state index >= 15 is 0 Å². The van der Waals surface area contributed by atoms with Crippen LogP contribution in [-0.4, -0.2) is 85.6 Å². The maximum absolute atomic E-state index is 14.1. The van der Waals surface area contributed by atoms with E-state index in [0.29, 0.717) is 26.3 Å². The Kier molecular flexibility index (Phi) is 15.2. The minimum absolute atomic E-state index is 0. The second kappa shape index (κ2) is 17.2. The average molecular weight is 603 g/mol. The first-order valence-corrected chi connectivity index (χ1v) is 12.0. The Labute approximate surface area is 233 Å². The lowest BCUT2D eigenvalue weighted by Crippen LogP contribution is -2.37. The van der Waals surface area contributed by atoms with Crippen LogP contribution in [0.25, 0.3) is 0 Å². The molecule has 2 aliphatic rings. The van der Waals surface area contributed by atoms with Crippen LogP contribution >= 0.6 is 34.8 Å². The maximum Gasteiger partial charge on any atom is 0.360 e. The van der Waals surface area contributed by atoms with Crippen LogP contribution in [0.4, 0.5) is 14.6 Å². The van der Waals surface area contributed by atoms with Crippen LogP contribution in [0.3, 0.4) is 0 Å². The van der Waals surface area contributed by atoms with Crippen molar-refractivity contribution in [3.63, 3.8) is 0 Å². The van der Waals surface area contributed by atoms with Crippen molar-refractivity contribution in [3.05, 3.63) is 38.7 Å². The van der Waals surface area contributed by atoms with Crippen LogP contribution < -0.4 is 4.90 Å². The summed E-state index contributed by atoms with van der Waals surface area (Å²) in [5.41, 5.74) is -1.04. The Bertz CT molecular complexity index is 1060. The summed E-state index contributed by atoms with van der Waals surface area (Å²) in [6.07, 6.45) is 3.93. The van der Waals surface area contributed by atoms with Crippen molar-refractivity contribution in [2.45, 2.75) is 26.7 Å². The van der Waals surface area contributed by atoms with Crippen LogP contribution in [0.15, 0.2) is 0 Å². The van der Waals surface area contributed by atoms with E-state index in [1.54, 1.807) is 4.90 Å². The molecule has 2 aromatic rings. The van der Waals surface area contributed by atoms with E-state index in [1.165, 1.54) is 19.3 Å². The zero-order valence-corrected chi connectivity index (χ0v) is 22.2. The molecule has 2 aliphatic heterocycles. The number of carbonyl (C=O) groups is 2. The van der Waals surface area contributed by atoms with Gasteiger partial charge >= 0.3 is 11.9 Å². The molecule has 0 unspecified atom stereocenters. The number of ether oxygens (including phenoxy) is 4. The van der Waals surface area contributed by atoms with E-state index in [9.17, 15) is 18.4 Å². The van der Waals surface area contributed by atoms with Crippen LogP contribution in [-0.2, 0) is 18.9 Å². The first-order chi connectivity index (χ1) is 17.7. The summed E-state index contributed by atoms with van der Waals surface area (Å²) in [5.74, 6) is -3.71. The van der Waals surface area contributed by atoms with Gasteiger partial charge in [0.15, 0.2) is 34.0 Å². The fourth-order valence-electron chi connectivity index (χ4n) is 2.94. The van der Waals surface area contributed by atoms with Gasteiger partial charge in [-0.15, -0.1) is 0 Å². The van der Waals surface area contributed by atoms with Gasteiger partial charge < -0.3 is 23.8 Å². The Balaban J connectivity index is 0.000000315. The highest BCUT2D eigenvalue weighted by Crippen LogP contribution is 2.22. The van der Waals surface area contributed by atoms with E-state index in [4.69, 9.17) is 44.3 Å². The molecule has 2 fully saturated rings. The van der Waals surface area contributed by atoms with Crippen molar-refractivity contribution in [3.8, 4) is 0 Å². The molecule has 0 aromatic carbocycles. The number of halogens is 5. The maximum atomic E-state index is 14.1. The van der Waals surface area contributed by atoms with Crippen LogP contribution in [0.1, 0.15) is 47.7 Å². The monoisotopic (exact) mass is 601 g/mol. The topological polar surface area (TPSA) is 126 Å². The van der Waals surface area contributed by atoms with Gasteiger partial charge in [-0.2, -0.15) is 4.98 Å². The van der Waals surface area contributed by atoms with E-state index in [2.05, 4.69) is 29.4 Å². The van der Waals surface area contributed by atoms with Crippen molar-refractivity contribution in [1.29, 1.82) is 0 Å². The molecule has 0 amide bonds. The molecule has 16 heteroatoms. The molecule has 0 aliphatic carbocycles. The summed E-state index contributed by atoms with van der Waals surface area (Å²) in [6.45, 7) is 3.89. The molecule has 2 saturated heterocycles. The van der Waals surface area contributed by atoms with E-state index in [1.807, 2.05) is 0 Å². The molecule has 0 radical (unpaired) electrons. The number of rotatable bonds is 3. The number of morpholine rings is 1. The molecule has 0 bridgehead atoms. The Morgan fingerprint density at radius 3 is 1.68 bits per heavy atom. The first-order valence-electron chi connectivity index (χ1n) is 10.9. The number of hydrogen-bond acceptors (Lipinski definition) is 11. The van der Waals surface area contributed by atoms with Gasteiger partial charge in [-0.25, -0.2) is 33.3 Å². The number of hydrogen-bond donors (Lipinski definition) is 0. The van der Waals surface area contributed by atoms with Crippen molar-refractivity contribution in [1.82, 2.24) is 19.9 Å². The highest BCUT2D eigenvalue weighted by molar-refractivity contribution is 6.32. The Hall–Kier alpha value is -2.45. The lowest BCUT2D eigenvalue weighted by molar-refractivity contribution is 0.0579. The Morgan fingerprint density at radius 2 is 1.24 bits per heavy atom. The third-order valence-electron chi connectivity index (χ3n) is 4.74. The largest absolute Gasteiger partial charge is 0.464 e. The van der Waals surface area contributed by atoms with Gasteiger partial charge in [0.25, 0.3) is 0 Å². The predicted octanol–water partition coefficient (Wildman–Crippen LogP) is 4.42. The molecule has 4 heterocycles. The van der Waals surface area contributed by atoms with Crippen LogP contribution in [0, 0.1) is 11.6 Å². The predicted molar refractivity (Wildman–Crippen MR) is 136 cm³/mol. The summed E-state index contributed by atoms with van der Waals surface area (Å²) in [5, 5.41) is -1.02. The fourth-order valence-corrected chi connectivity index (χ4v) is 3.48. The van der Waals surface area contributed by atoms with Crippen molar-refractivity contribution in [2.75, 3.05) is 58.6 Å². The number of esters is 2. The van der Waals surface area contributed by atoms with Crippen LogP contribution in [0.2, 0.25) is 15.7 Å². The minimum Gasteiger partial charge on any atom is -0.464 e. The summed E-state index contributed by atoms with van der Waals surface area (Å²) in [7, 11) is 2.23. The molecule has 212 valence electrons. The number of aromatic nitrogens is 4. The van der Waals surface area contributed by atoms with E-state index < -0.39 is 40.1 Å². The Morgan fingerprint density at radius 1 is 0.763 bits per heavy atom. The molecule has 0 spiro atoms. The lowest BCUT2D eigenvalue weighted by Gasteiger charge is -2.28. The number of carbonyl (C=O) groups excluding carboxylic acids is 2. The smallest absolute Gasteiger partial charge is 0.360 e. The van der Waals surface area contributed by atoms with Gasteiger partial charge in [0.1, 0.15) is 0 Å². The summed E-state index contributed by atoms with van der Waals surface area (Å²) < 4.78 is 46.0. The average Bonchev–Trinajstić information content (AvgIpc) is 2.93. The quantitative estimate of drug-likeness (QED) is 0.281. The molecule has 38 heavy (non-hydrogen) atoms. The number of methoxy groups -OCH3 is 2. The van der Waals surface area contributed by atoms with Crippen molar-refractivity contribution >= 4 is 52.6 Å². The highest BCUT2D eigenvalue weighted by atomic mass is 35.5. The normalized spacial score (nSPS) is 14.6. The molecule has 11 nitrogen and oxygen atoms in total. The summed E-state index contributed by atoms with van der Waals surface area (Å²) >= 11 is 16.3. The van der Waals surface area contributed by atoms with Crippen molar-refractivity contribution in [2.24, 2.45) is 0 Å². The molecule has 2 aromatic heterocycles. The number of nitrogens with zero attached hydrogens (tertiary/aromatic N) is 5. The van der Waals surface area contributed by atoms with Gasteiger partial charge in [-0.05, 0) is 42.5 Å². The van der Waals surface area contributed by atoms with Crippen LogP contribution in [0.5, 0.6) is 0 Å². The molecule has 0 N–H and O–H groups in total. The van der Waals surface area contributed by atoms with Gasteiger partial charge in [0.2, 0.25) is 10.6 Å². The first kappa shape index (κ1) is 33.6. The second-order valence-electron chi connectivity index (χ2n) is 7.18. The summed E-state index contributed by atoms with van der Waals surface area (Å²) in [4.78, 5) is 37.9. The van der Waals surface area contributed by atoms with E-state index in [0.717, 1.165) is 27.4 Å². The van der Waals surface area contributed by atoms with Gasteiger partial charge in [0, 0.05) is 26.3 Å². The SMILES string of the molecule is C.C1CCOCC1.COC(=O)c1nc(Cl)nc(Cl)c1F.COC(=O)c1nc(Cl)nc(N2CCOCC2)c1F. The van der Waals surface area contributed by atoms with E-state index in [-0.39, 0.29) is 23.8 Å². The van der Waals surface area contributed by atoms with Gasteiger partial charge in [-0.1, -0.05) is 19.0 Å². The van der Waals surface area contributed by atoms with Crippen molar-refractivity contribution < 1.29 is 37.3 Å². The number of anilines is 1. The van der Waals surface area contributed by atoms with Gasteiger partial charge in [0.05, 0.1) is 27.4 Å². The lowest BCUT2D eigenvalue weighted by atomic mass is 10.2. The molecular weight excluding hydrogens is 575 g/mol. The molecule has 0 saturated carbocycles. The van der Waals surface area contributed by atoms with Gasteiger partial charge in [-0.3, -0.25) is 0 Å². The molecular formula is C22H28Cl3F2N5O6. The highest BCUT2D eigenvalue weighted by Gasteiger charge is 2.25. The standard InChI is InChI=1S/C10H11ClFN3O3.C6H3Cl2FN2O2.C5H10O.CH4/c1-17-9(16)7-6(12)8(14-10(11)13-7)15-2-4-18-5-3-15;1-13-5(12)3-2(9)4(7)11-6(8)10-3;1-2-4-6-5-3-1;/h2-5H2,1H3;1H3;1-5H2;1H4. The third kappa shape index (κ3) is 10.0. The zero-order valence-electron chi connectivity index (χ0n) is 19.9. The molecule has 4 rings (SSSR count). The second-order valence-corrected chi connectivity index (χ2v) is 8.21. The minimum atomic E-state index is -1.04. The fraction of sp³-hybridized carbons (Fsp3) is 0.545. The zero-order chi connectivity index (χ0) is 27.4. The third-order valence-corrected chi connectivity index (χ3v) is 5.32.